The summed E-state index contributed by atoms with van der Waals surface area (Å²) in [6.45, 7) is 8.69. The summed E-state index contributed by atoms with van der Waals surface area (Å²) in [6.07, 6.45) is 3.13. The van der Waals surface area contributed by atoms with Crippen molar-refractivity contribution in [3.05, 3.63) is 0 Å². The van der Waals surface area contributed by atoms with E-state index >= 15 is 0 Å². The van der Waals surface area contributed by atoms with Gasteiger partial charge in [0.25, 0.3) is 0 Å². The summed E-state index contributed by atoms with van der Waals surface area (Å²) < 4.78 is 0. The van der Waals surface area contributed by atoms with Gasteiger partial charge in [0, 0.05) is 12.8 Å². The Morgan fingerprint density at radius 3 is 1.44 bits per heavy atom. The van der Waals surface area contributed by atoms with Gasteiger partial charge in [-0.05, 0) is 13.3 Å². The molecule has 0 aromatic carbocycles. The summed E-state index contributed by atoms with van der Waals surface area (Å²) in [5.74, 6) is 9.15. The number of hydrogen-bond donors (Lipinski definition) is 0. The first-order valence-corrected chi connectivity index (χ1v) is 7.96. The largest absolute Gasteiger partial charge is 0.132 e. The van der Waals surface area contributed by atoms with Crippen LogP contribution in [0.15, 0.2) is 0 Å². The maximum atomic E-state index is 3.34. The molecule has 0 rings (SSSR count). The predicted octanol–water partition coefficient (Wildman–Crippen LogP) is 6.88. The Labute approximate surface area is 122 Å². The highest BCUT2D eigenvalue weighted by atomic mass is 28.3. The second kappa shape index (κ2) is 25.2. The van der Waals surface area contributed by atoms with Crippen molar-refractivity contribution in [3.63, 3.8) is 0 Å². The number of hydrogen-bond acceptors (Lipinski definition) is 0. The van der Waals surface area contributed by atoms with Crippen LogP contribution in [0.4, 0.5) is 0 Å². The van der Waals surface area contributed by atoms with Crippen LogP contribution in [0.1, 0.15) is 70.7 Å². The molecule has 0 amide bonds. The molecule has 0 saturated heterocycles. The minimum absolute atomic E-state index is 0. The smallest absolute Gasteiger partial charge is 0.129 e. The molecule has 0 heterocycles. The maximum absolute atomic E-state index is 3.34. The first-order chi connectivity index (χ1) is 5.56. The van der Waals surface area contributed by atoms with Gasteiger partial charge < -0.3 is 0 Å². The van der Waals surface area contributed by atoms with E-state index in [0.29, 0.717) is 0 Å². The van der Waals surface area contributed by atoms with Crippen LogP contribution in [-0.2, 0) is 0 Å². The average Bonchev–Trinajstić information content (AvgIpc) is 1.94. The van der Waals surface area contributed by atoms with E-state index < -0.39 is 8.07 Å². The highest BCUT2D eigenvalue weighted by Crippen LogP contribution is 1.98. The van der Waals surface area contributed by atoms with Gasteiger partial charge in [0.05, 0.1) is 0 Å². The zero-order valence-electron chi connectivity index (χ0n) is 8.62. The molecule has 0 fully saturated rings. The molecule has 0 atom stereocenters. The molecule has 0 spiro atoms. The third kappa shape index (κ3) is 45.4. The van der Waals surface area contributed by atoms with Gasteiger partial charge in [0.1, 0.15) is 8.07 Å². The van der Waals surface area contributed by atoms with E-state index in [9.17, 15) is 0 Å². The van der Waals surface area contributed by atoms with Crippen LogP contribution in [0, 0.1) is 23.3 Å². The van der Waals surface area contributed by atoms with E-state index in [0.717, 1.165) is 19.3 Å². The first kappa shape index (κ1) is 43.3. The normalized spacial score (nSPS) is 6.22. The zero-order chi connectivity index (χ0) is 9.45. The molecule has 0 saturated carbocycles. The fourth-order valence-electron chi connectivity index (χ4n) is 0.718. The molecule has 0 aromatic heterocycles. The monoisotopic (exact) mass is 274 g/mol. The quantitative estimate of drug-likeness (QED) is 0.292. The van der Waals surface area contributed by atoms with Crippen LogP contribution in [0.25, 0.3) is 0 Å². The lowest BCUT2D eigenvalue weighted by Crippen LogP contribution is -2.16. The Balaban J connectivity index is -0.0000000403. The van der Waals surface area contributed by atoms with Crippen LogP contribution < -0.4 is 0 Å². The van der Waals surface area contributed by atoms with Crippen molar-refractivity contribution in [2.45, 2.75) is 90.4 Å². The lowest BCUT2D eigenvalue weighted by Gasteiger charge is -2.02. The number of rotatable bonds is 2. The van der Waals surface area contributed by atoms with Crippen molar-refractivity contribution in [1.82, 2.24) is 0 Å². The Hall–Kier alpha value is -0.663. The molecule has 18 heavy (non-hydrogen) atoms. The van der Waals surface area contributed by atoms with Crippen molar-refractivity contribution < 1.29 is 0 Å². The van der Waals surface area contributed by atoms with E-state index in [1.54, 1.807) is 0 Å². The van der Waals surface area contributed by atoms with Gasteiger partial charge in [-0.15, -0.1) is 23.3 Å². The molecule has 0 bridgehead atoms. The van der Waals surface area contributed by atoms with Crippen molar-refractivity contribution in [3.8, 4) is 23.3 Å². The molecule has 0 aliphatic heterocycles. The highest BCUT2D eigenvalue weighted by molar-refractivity contribution is 6.83. The van der Waals surface area contributed by atoms with Crippen LogP contribution >= 0.6 is 0 Å². The number of unbranched alkanes of at least 4 members (excludes halogenated alkanes) is 2. The molecule has 1 heteroatoms. The van der Waals surface area contributed by atoms with Crippen molar-refractivity contribution >= 4 is 8.07 Å². The minimum atomic E-state index is -1.12. The Morgan fingerprint density at radius 2 is 1.11 bits per heavy atom. The first-order valence-electron chi connectivity index (χ1n) is 4.46. The standard InChI is InChI=1S/C11H18Si.6CH4/c1-5-6-7-8-9-10-11-12(2,3)4;;;;;;/h7-9H2,1-4H3;6*1H4. The Morgan fingerprint density at radius 1 is 0.722 bits per heavy atom. The van der Waals surface area contributed by atoms with Crippen molar-refractivity contribution in [1.29, 1.82) is 0 Å². The zero-order valence-corrected chi connectivity index (χ0v) is 9.62. The minimum Gasteiger partial charge on any atom is -0.132 e. The van der Waals surface area contributed by atoms with Crippen molar-refractivity contribution in [2.75, 3.05) is 0 Å². The third-order valence-electron chi connectivity index (χ3n) is 1.24. The summed E-state index contributed by atoms with van der Waals surface area (Å²) in [5, 5.41) is 0. The van der Waals surface area contributed by atoms with Gasteiger partial charge in [-0.1, -0.05) is 64.2 Å². The fraction of sp³-hybridized carbons (Fsp3) is 0.765. The van der Waals surface area contributed by atoms with Crippen LogP contribution in [0.3, 0.4) is 0 Å². The molecule has 0 N–H and O–H groups in total. The molecule has 0 unspecified atom stereocenters. The Kier molecular flexibility index (Phi) is 60.7. The van der Waals surface area contributed by atoms with Gasteiger partial charge in [-0.3, -0.25) is 0 Å². The fourth-order valence-corrected chi connectivity index (χ4v) is 1.37. The van der Waals surface area contributed by atoms with Gasteiger partial charge in [0.2, 0.25) is 0 Å². The Bertz CT molecular complexity index is 224. The summed E-state index contributed by atoms with van der Waals surface area (Å²) in [5.41, 5.74) is 3.34. The van der Waals surface area contributed by atoms with Crippen LogP contribution in [0.5, 0.6) is 0 Å². The summed E-state index contributed by atoms with van der Waals surface area (Å²) in [4.78, 5) is 0. The lowest BCUT2D eigenvalue weighted by atomic mass is 10.2. The van der Waals surface area contributed by atoms with E-state index in [1.807, 2.05) is 6.92 Å². The molecule has 114 valence electrons. The van der Waals surface area contributed by atoms with Gasteiger partial charge in [0.15, 0.2) is 0 Å². The molecule has 0 aromatic rings. The second-order valence-electron chi connectivity index (χ2n) is 3.83. The molecule has 0 aliphatic rings. The summed E-state index contributed by atoms with van der Waals surface area (Å²) in [7, 11) is -1.12. The molecular weight excluding hydrogens is 232 g/mol. The SMILES string of the molecule is C.C.C.C.C.C.CC#CCCCC#C[Si](C)(C)C. The third-order valence-corrected chi connectivity index (χ3v) is 2.17. The summed E-state index contributed by atoms with van der Waals surface area (Å²) >= 11 is 0. The predicted molar refractivity (Wildman–Crippen MR) is 98.8 cm³/mol. The molecular formula is C17H42Si. The highest BCUT2D eigenvalue weighted by Gasteiger charge is 2.06. The van der Waals surface area contributed by atoms with E-state index in [4.69, 9.17) is 0 Å². The topological polar surface area (TPSA) is 0 Å². The van der Waals surface area contributed by atoms with E-state index in [1.165, 1.54) is 0 Å². The molecule has 0 radical (unpaired) electrons. The van der Waals surface area contributed by atoms with Crippen LogP contribution in [0.2, 0.25) is 19.6 Å². The average molecular weight is 275 g/mol. The second-order valence-corrected chi connectivity index (χ2v) is 8.58. The summed E-state index contributed by atoms with van der Waals surface area (Å²) in [6, 6.07) is 0. The van der Waals surface area contributed by atoms with E-state index in [2.05, 4.69) is 42.9 Å². The van der Waals surface area contributed by atoms with Gasteiger partial charge >= 0.3 is 0 Å². The molecule has 0 nitrogen and oxygen atoms in total. The van der Waals surface area contributed by atoms with Gasteiger partial charge in [-0.2, -0.15) is 0 Å². The maximum Gasteiger partial charge on any atom is 0.129 e. The van der Waals surface area contributed by atoms with Gasteiger partial charge in [-0.25, -0.2) is 0 Å². The van der Waals surface area contributed by atoms with Crippen LogP contribution in [-0.4, -0.2) is 8.07 Å². The molecule has 0 aliphatic carbocycles. The van der Waals surface area contributed by atoms with Crippen molar-refractivity contribution in [2.24, 2.45) is 0 Å². The van der Waals surface area contributed by atoms with E-state index in [-0.39, 0.29) is 44.6 Å². The lowest BCUT2D eigenvalue weighted by molar-refractivity contribution is 0.903.